The minimum atomic E-state index is -3.68. The number of aromatic nitrogens is 1. The number of morpholine rings is 1. The van der Waals surface area contributed by atoms with Gasteiger partial charge < -0.3 is 9.64 Å². The molecule has 152 valence electrons. The van der Waals surface area contributed by atoms with Crippen LogP contribution >= 0.6 is 11.3 Å². The molecule has 2 heterocycles. The molecule has 9 heteroatoms. The van der Waals surface area contributed by atoms with E-state index in [1.54, 1.807) is 12.1 Å². The quantitative estimate of drug-likeness (QED) is 0.646. The minimum absolute atomic E-state index is 0.127. The van der Waals surface area contributed by atoms with E-state index in [2.05, 4.69) is 14.6 Å². The smallest absolute Gasteiger partial charge is 0.251 e. The van der Waals surface area contributed by atoms with Crippen LogP contribution in [0, 0.1) is 5.82 Å². The molecule has 0 aliphatic carbocycles. The first-order chi connectivity index (χ1) is 14.0. The van der Waals surface area contributed by atoms with Gasteiger partial charge in [-0.15, -0.1) is 11.3 Å². The first kappa shape index (κ1) is 20.0. The number of hydrogen-bond acceptors (Lipinski definition) is 6. The van der Waals surface area contributed by atoms with Gasteiger partial charge in [-0.25, -0.2) is 22.5 Å². The Kier molecular flexibility index (Phi) is 5.91. The van der Waals surface area contributed by atoms with Crippen LogP contribution in [0.1, 0.15) is 5.56 Å². The first-order valence-electron chi connectivity index (χ1n) is 9.14. The molecule has 0 bridgehead atoms. The molecule has 0 unspecified atom stereocenters. The highest BCUT2D eigenvalue weighted by molar-refractivity contribution is 7.91. The van der Waals surface area contributed by atoms with Crippen molar-refractivity contribution in [3.63, 3.8) is 0 Å². The lowest BCUT2D eigenvalue weighted by Crippen LogP contribution is -2.36. The zero-order valence-electron chi connectivity index (χ0n) is 15.5. The van der Waals surface area contributed by atoms with Gasteiger partial charge in [0.15, 0.2) is 4.21 Å². The van der Waals surface area contributed by atoms with E-state index in [4.69, 9.17) is 4.74 Å². The zero-order chi connectivity index (χ0) is 20.3. The van der Waals surface area contributed by atoms with Gasteiger partial charge in [0.2, 0.25) is 0 Å². The van der Waals surface area contributed by atoms with Crippen LogP contribution in [0.5, 0.6) is 0 Å². The largest absolute Gasteiger partial charge is 0.378 e. The second kappa shape index (κ2) is 8.58. The van der Waals surface area contributed by atoms with Crippen molar-refractivity contribution >= 4 is 27.0 Å². The lowest BCUT2D eigenvalue weighted by atomic mass is 10.2. The lowest BCUT2D eigenvalue weighted by Gasteiger charge is -2.28. The number of nitrogens with zero attached hydrogens (tertiary/aromatic N) is 2. The molecule has 1 aliphatic rings. The Hall–Kier alpha value is -2.33. The molecule has 1 saturated heterocycles. The number of halogens is 1. The summed E-state index contributed by atoms with van der Waals surface area (Å²) in [6.07, 6.45) is 1.33. The van der Waals surface area contributed by atoms with E-state index < -0.39 is 10.0 Å². The number of rotatable bonds is 6. The highest BCUT2D eigenvalue weighted by atomic mass is 32.2. The van der Waals surface area contributed by atoms with Crippen molar-refractivity contribution in [3.8, 4) is 10.6 Å². The molecule has 1 N–H and O–H groups in total. The summed E-state index contributed by atoms with van der Waals surface area (Å²) in [5.41, 5.74) is 2.65. The van der Waals surface area contributed by atoms with Gasteiger partial charge in [0.1, 0.15) is 10.8 Å². The van der Waals surface area contributed by atoms with E-state index >= 15 is 0 Å². The molecule has 2 aromatic carbocycles. The number of sulfonamides is 1. The molecule has 1 fully saturated rings. The number of hydrogen-bond donors (Lipinski definition) is 1. The van der Waals surface area contributed by atoms with Gasteiger partial charge in [-0.1, -0.05) is 12.1 Å². The second-order valence-electron chi connectivity index (χ2n) is 6.58. The van der Waals surface area contributed by atoms with E-state index in [-0.39, 0.29) is 16.6 Å². The molecule has 0 saturated carbocycles. The molecule has 4 rings (SSSR count). The number of benzene rings is 2. The van der Waals surface area contributed by atoms with E-state index in [1.807, 2.05) is 24.3 Å². The number of ether oxygens (including phenoxy) is 1. The molecule has 0 amide bonds. The van der Waals surface area contributed by atoms with Gasteiger partial charge in [0.25, 0.3) is 10.0 Å². The average Bonchev–Trinajstić information content (AvgIpc) is 3.25. The van der Waals surface area contributed by atoms with Gasteiger partial charge in [-0.2, -0.15) is 0 Å². The first-order valence-corrected chi connectivity index (χ1v) is 11.4. The van der Waals surface area contributed by atoms with Crippen molar-refractivity contribution < 1.29 is 17.5 Å². The van der Waals surface area contributed by atoms with Crippen molar-refractivity contribution in [1.82, 2.24) is 9.71 Å². The summed E-state index contributed by atoms with van der Waals surface area (Å²) in [7, 11) is -3.68. The van der Waals surface area contributed by atoms with Crippen molar-refractivity contribution in [1.29, 1.82) is 0 Å². The molecule has 29 heavy (non-hydrogen) atoms. The van der Waals surface area contributed by atoms with Gasteiger partial charge in [0.05, 0.1) is 19.4 Å². The van der Waals surface area contributed by atoms with Crippen molar-refractivity contribution in [2.75, 3.05) is 31.2 Å². The number of nitrogens with one attached hydrogen (secondary N) is 1. The fourth-order valence-corrected chi connectivity index (χ4v) is 5.20. The Bertz CT molecular complexity index is 1060. The molecule has 1 aromatic heterocycles. The molecule has 0 radical (unpaired) electrons. The highest BCUT2D eigenvalue weighted by Gasteiger charge is 2.18. The minimum Gasteiger partial charge on any atom is -0.378 e. The Morgan fingerprint density at radius 3 is 2.45 bits per heavy atom. The summed E-state index contributed by atoms with van der Waals surface area (Å²) in [6.45, 7) is 3.34. The molecular formula is C20H20FN3O3S2. The zero-order valence-corrected chi connectivity index (χ0v) is 17.2. The normalized spacial score (nSPS) is 14.9. The Balaban J connectivity index is 1.40. The molecular weight excluding hydrogens is 413 g/mol. The van der Waals surface area contributed by atoms with Crippen LogP contribution in [0.2, 0.25) is 0 Å². The Morgan fingerprint density at radius 1 is 1.07 bits per heavy atom. The van der Waals surface area contributed by atoms with E-state index in [0.29, 0.717) is 10.6 Å². The molecule has 6 nitrogen and oxygen atoms in total. The van der Waals surface area contributed by atoms with E-state index in [1.165, 1.54) is 18.3 Å². The van der Waals surface area contributed by atoms with Crippen LogP contribution < -0.4 is 9.62 Å². The summed E-state index contributed by atoms with van der Waals surface area (Å²) in [6, 6.07) is 13.6. The monoisotopic (exact) mass is 433 g/mol. The maximum absolute atomic E-state index is 13.1. The van der Waals surface area contributed by atoms with Crippen LogP contribution in [-0.2, 0) is 21.3 Å². The summed E-state index contributed by atoms with van der Waals surface area (Å²) >= 11 is 1.05. The maximum atomic E-state index is 13.1. The van der Waals surface area contributed by atoms with Crippen LogP contribution in [0.3, 0.4) is 0 Å². The van der Waals surface area contributed by atoms with Crippen molar-refractivity contribution in [3.05, 3.63) is 66.1 Å². The van der Waals surface area contributed by atoms with Gasteiger partial charge in [-0.3, -0.25) is 0 Å². The maximum Gasteiger partial charge on any atom is 0.251 e. The summed E-state index contributed by atoms with van der Waals surface area (Å²) in [5, 5.41) is 0.528. The van der Waals surface area contributed by atoms with Crippen molar-refractivity contribution in [2.45, 2.75) is 10.8 Å². The third kappa shape index (κ3) is 4.81. The predicted octanol–water partition coefficient (Wildman–Crippen LogP) is 3.26. The highest BCUT2D eigenvalue weighted by Crippen LogP contribution is 2.28. The van der Waals surface area contributed by atoms with E-state index in [9.17, 15) is 12.8 Å². The third-order valence-corrected chi connectivity index (χ3v) is 7.53. The SMILES string of the molecule is O=S(=O)(NCc1ccc(N2CCOCC2)cc1)c1cnc(-c2ccc(F)cc2)s1. The average molecular weight is 434 g/mol. The van der Waals surface area contributed by atoms with Gasteiger partial charge >= 0.3 is 0 Å². The van der Waals surface area contributed by atoms with Gasteiger partial charge in [0, 0.05) is 30.9 Å². The lowest BCUT2D eigenvalue weighted by molar-refractivity contribution is 0.122. The summed E-state index contributed by atoms with van der Waals surface area (Å²) in [4.78, 5) is 6.40. The summed E-state index contributed by atoms with van der Waals surface area (Å²) in [5.74, 6) is -0.348. The van der Waals surface area contributed by atoms with Crippen molar-refractivity contribution in [2.24, 2.45) is 0 Å². The Labute approximate surface area is 173 Å². The fraction of sp³-hybridized carbons (Fsp3) is 0.250. The number of thiazole rings is 1. The van der Waals surface area contributed by atoms with Crippen LogP contribution in [0.25, 0.3) is 10.6 Å². The second-order valence-corrected chi connectivity index (χ2v) is 9.61. The molecule has 1 aliphatic heterocycles. The Morgan fingerprint density at radius 2 is 1.76 bits per heavy atom. The molecule has 0 spiro atoms. The van der Waals surface area contributed by atoms with Crippen LogP contribution in [0.15, 0.2) is 58.9 Å². The van der Waals surface area contributed by atoms with Crippen LogP contribution in [0.4, 0.5) is 10.1 Å². The topological polar surface area (TPSA) is 71.5 Å². The molecule has 3 aromatic rings. The van der Waals surface area contributed by atoms with Gasteiger partial charge in [-0.05, 0) is 42.0 Å². The van der Waals surface area contributed by atoms with Crippen LogP contribution in [-0.4, -0.2) is 39.7 Å². The third-order valence-electron chi connectivity index (χ3n) is 4.62. The predicted molar refractivity (Wildman–Crippen MR) is 111 cm³/mol. The summed E-state index contributed by atoms with van der Waals surface area (Å²) < 4.78 is 46.3. The molecule has 0 atom stereocenters. The number of anilines is 1. The van der Waals surface area contributed by atoms with E-state index in [0.717, 1.165) is 48.9 Å². The standard InChI is InChI=1S/C20H20FN3O3S2/c21-17-5-3-16(4-6-17)20-22-14-19(28-20)29(25,26)23-13-15-1-7-18(8-2-15)24-9-11-27-12-10-24/h1-8,14,23H,9-13H2. The fourth-order valence-electron chi connectivity index (χ4n) is 3.01.